The van der Waals surface area contributed by atoms with Crippen molar-refractivity contribution >= 4 is 23.5 Å². The van der Waals surface area contributed by atoms with Gasteiger partial charge in [0.15, 0.2) is 17.8 Å². The highest BCUT2D eigenvalue weighted by atomic mass is 16.5. The Morgan fingerprint density at radius 3 is 1.46 bits per heavy atom. The lowest BCUT2D eigenvalue weighted by Gasteiger charge is -2.35. The van der Waals surface area contributed by atoms with Crippen molar-refractivity contribution in [3.63, 3.8) is 0 Å². The Hall–Kier alpha value is -6.90. The van der Waals surface area contributed by atoms with Crippen molar-refractivity contribution in [1.29, 1.82) is 0 Å². The summed E-state index contributed by atoms with van der Waals surface area (Å²) in [5, 5.41) is 3.11. The fraction of sp³-hybridized carbons (Fsp3) is 0.469. The van der Waals surface area contributed by atoms with E-state index in [0.29, 0.717) is 62.8 Å². The number of ether oxygens (including phenoxy) is 2. The molecule has 2 amide bonds. The van der Waals surface area contributed by atoms with Gasteiger partial charge in [-0.2, -0.15) is 0 Å². The van der Waals surface area contributed by atoms with Crippen molar-refractivity contribution in [3.8, 4) is 34.3 Å². The predicted molar refractivity (Wildman–Crippen MR) is 315 cm³/mol. The number of anilines is 2. The maximum Gasteiger partial charge on any atom is 0.255 e. The van der Waals surface area contributed by atoms with Gasteiger partial charge in [-0.3, -0.25) is 19.4 Å². The number of hydrogen-bond acceptors (Lipinski definition) is 12. The third-order valence-electron chi connectivity index (χ3n) is 16.2. The van der Waals surface area contributed by atoms with Gasteiger partial charge in [0.05, 0.1) is 29.1 Å². The van der Waals surface area contributed by atoms with E-state index in [-0.39, 0.29) is 31.1 Å². The van der Waals surface area contributed by atoms with Crippen LogP contribution in [0.5, 0.6) is 11.5 Å². The third kappa shape index (κ3) is 12.7. The van der Waals surface area contributed by atoms with E-state index < -0.39 is 12.1 Å². The van der Waals surface area contributed by atoms with Crippen LogP contribution in [-0.4, -0.2) is 106 Å². The molecule has 2 aliphatic rings. The Labute approximate surface area is 464 Å². The summed E-state index contributed by atoms with van der Waals surface area (Å²) in [5.74, 6) is 4.60. The number of aryl methyl sites for hydroxylation is 8. The summed E-state index contributed by atoms with van der Waals surface area (Å²) in [6.07, 6.45) is 0.540. The van der Waals surface area contributed by atoms with Crippen LogP contribution in [0.25, 0.3) is 22.8 Å². The molecule has 2 saturated heterocycles. The third-order valence-corrected chi connectivity index (χ3v) is 16.2. The number of nitrogens with two attached hydrogens (primary N) is 1. The summed E-state index contributed by atoms with van der Waals surface area (Å²) >= 11 is 0. The van der Waals surface area contributed by atoms with Crippen LogP contribution in [0.2, 0.25) is 0 Å². The van der Waals surface area contributed by atoms with Gasteiger partial charge in [-0.1, -0.05) is 102 Å². The summed E-state index contributed by atoms with van der Waals surface area (Å²) in [5.41, 5.74) is 20.9. The molecule has 1 unspecified atom stereocenters. The molecule has 8 rings (SSSR count). The summed E-state index contributed by atoms with van der Waals surface area (Å²) < 4.78 is 13.3. The van der Waals surface area contributed by atoms with Crippen LogP contribution in [0.4, 0.5) is 11.6 Å². The van der Waals surface area contributed by atoms with Crippen molar-refractivity contribution < 1.29 is 19.1 Å². The zero-order valence-electron chi connectivity index (χ0n) is 48.9. The fourth-order valence-corrected chi connectivity index (χ4v) is 11.4. The van der Waals surface area contributed by atoms with Crippen LogP contribution in [0.1, 0.15) is 133 Å². The monoisotopic (exact) mass is 1060 g/mol. The molecular formula is C64H84N10O4. The molecule has 14 nitrogen and oxygen atoms in total. The Kier molecular flexibility index (Phi) is 18.2. The van der Waals surface area contributed by atoms with Gasteiger partial charge in [0.25, 0.3) is 5.91 Å². The first-order valence-electron chi connectivity index (χ1n) is 28.2. The largest absolute Gasteiger partial charge is 0.488 e. The van der Waals surface area contributed by atoms with Gasteiger partial charge < -0.3 is 30.3 Å². The van der Waals surface area contributed by atoms with Crippen LogP contribution >= 0.6 is 0 Å². The number of rotatable bonds is 21. The molecule has 0 bridgehead atoms. The zero-order chi connectivity index (χ0) is 56.1. The summed E-state index contributed by atoms with van der Waals surface area (Å²) in [4.78, 5) is 57.7. The zero-order valence-corrected chi connectivity index (χ0v) is 48.9. The first kappa shape index (κ1) is 57.3. The van der Waals surface area contributed by atoms with E-state index in [9.17, 15) is 9.59 Å². The average molecular weight is 1060 g/mol. The number of aromatic nitrogens is 4. The Bertz CT molecular complexity index is 3100. The molecule has 3 atom stereocenters. The standard InChI is InChI=1S/C64H84N10O4/c1-15-71(50-27-29-72(33-50)62-52(36-77-54-31-48(38(3)4)25-23-40(54)7)46(13)66-60(69-62)57-42(9)19-17-20-43(57)10)35-56(75)68-64(59(65)76)74(16-2)51-28-30-73(34-51)63-53(37-78-55-32-49(39(5)6)26-24-41(55)8)47(14)67-61(70-63)58-44(11)21-18-22-45(58)12/h17-26,31-32,38-39,50-51,64H,15-16,27-30,33-37H2,1-14H3,(H2,65,76)(H,68,75)/t50-,51+,64?/m1/s1. The van der Waals surface area contributed by atoms with Gasteiger partial charge in [-0.15, -0.1) is 0 Å². The molecule has 4 heterocycles. The molecule has 0 aliphatic carbocycles. The average Bonchev–Trinajstić information content (AvgIpc) is 4.09. The molecule has 4 aromatic carbocycles. The highest BCUT2D eigenvalue weighted by Gasteiger charge is 2.38. The van der Waals surface area contributed by atoms with Crippen LogP contribution in [0.15, 0.2) is 72.8 Å². The van der Waals surface area contributed by atoms with Gasteiger partial charge >= 0.3 is 0 Å². The van der Waals surface area contributed by atoms with Crippen LogP contribution in [0.3, 0.4) is 0 Å². The minimum absolute atomic E-state index is 0.0435. The smallest absolute Gasteiger partial charge is 0.255 e. The topological polar surface area (TPSA) is 155 Å². The Morgan fingerprint density at radius 2 is 1.05 bits per heavy atom. The number of carbonyl (C=O) groups is 2. The van der Waals surface area contributed by atoms with Crippen LogP contribution in [-0.2, 0) is 22.8 Å². The van der Waals surface area contributed by atoms with Gasteiger partial charge in [0, 0.05) is 49.4 Å². The molecule has 3 N–H and O–H groups in total. The number of nitrogens with zero attached hydrogens (tertiary/aromatic N) is 8. The van der Waals surface area contributed by atoms with Gasteiger partial charge in [-0.05, 0) is 150 Å². The van der Waals surface area contributed by atoms with E-state index >= 15 is 0 Å². The number of primary amides is 1. The molecule has 6 aromatic rings. The maximum absolute atomic E-state index is 14.3. The van der Waals surface area contributed by atoms with Crippen molar-refractivity contribution in [1.82, 2.24) is 35.1 Å². The van der Waals surface area contributed by atoms with E-state index in [4.69, 9.17) is 35.1 Å². The Morgan fingerprint density at radius 1 is 0.615 bits per heavy atom. The normalized spacial score (nSPS) is 16.0. The molecule has 0 spiro atoms. The van der Waals surface area contributed by atoms with Crippen LogP contribution < -0.4 is 30.3 Å². The van der Waals surface area contributed by atoms with Gasteiger partial charge in [-0.25, -0.2) is 19.9 Å². The number of carbonyl (C=O) groups excluding carboxylic acids is 2. The molecule has 78 heavy (non-hydrogen) atoms. The summed E-state index contributed by atoms with van der Waals surface area (Å²) in [6, 6.07) is 25.3. The number of nitrogens with one attached hydrogen (secondary N) is 1. The lowest BCUT2D eigenvalue weighted by Crippen LogP contribution is -2.60. The number of amides is 2. The second kappa shape index (κ2) is 24.8. The minimum Gasteiger partial charge on any atom is -0.488 e. The minimum atomic E-state index is -1.01. The van der Waals surface area contributed by atoms with E-state index in [1.54, 1.807) is 0 Å². The SMILES string of the molecule is CCN(CC(=O)NC(C(N)=O)N(CC)[C@H]1CCN(c2nc(-c3c(C)cccc3C)nc(C)c2COc2cc(C(C)C)ccc2C)C1)[C@@H]1CCN(c2nc(-c3c(C)cccc3C)nc(C)c2COc2cc(C(C)C)ccc2C)C1. The van der Waals surface area contributed by atoms with Gasteiger partial charge in [0.1, 0.15) is 36.3 Å². The number of likely N-dealkylation sites (N-methyl/N-ethyl adjacent to an activating group) is 2. The highest BCUT2D eigenvalue weighted by Crippen LogP contribution is 2.36. The number of benzene rings is 4. The lowest BCUT2D eigenvalue weighted by atomic mass is 10.0. The maximum atomic E-state index is 14.3. The number of hydrogen-bond donors (Lipinski definition) is 2. The second-order valence-corrected chi connectivity index (χ2v) is 22.4. The molecule has 2 aromatic heterocycles. The van der Waals surface area contributed by atoms with Crippen molar-refractivity contribution in [3.05, 3.63) is 140 Å². The Balaban J connectivity index is 0.999. The molecule has 2 aliphatic heterocycles. The molecule has 2 fully saturated rings. The molecular weight excluding hydrogens is 973 g/mol. The van der Waals surface area contributed by atoms with Crippen molar-refractivity contribution in [2.24, 2.45) is 5.73 Å². The molecule has 0 saturated carbocycles. The first-order valence-corrected chi connectivity index (χ1v) is 28.2. The van der Waals surface area contributed by atoms with Crippen molar-refractivity contribution in [2.75, 3.05) is 55.6 Å². The van der Waals surface area contributed by atoms with E-state index in [2.05, 4.69) is 176 Å². The fourth-order valence-electron chi connectivity index (χ4n) is 11.4. The van der Waals surface area contributed by atoms with Gasteiger partial charge in [0.2, 0.25) is 5.91 Å². The first-order chi connectivity index (χ1) is 37.3. The van der Waals surface area contributed by atoms with Crippen molar-refractivity contribution in [2.45, 2.75) is 153 Å². The van der Waals surface area contributed by atoms with E-state index in [1.807, 2.05) is 18.7 Å². The predicted octanol–water partition coefficient (Wildman–Crippen LogP) is 10.9. The second-order valence-electron chi connectivity index (χ2n) is 22.4. The molecule has 414 valence electrons. The highest BCUT2D eigenvalue weighted by molar-refractivity contribution is 5.87. The van der Waals surface area contributed by atoms with E-state index in [0.717, 1.165) is 110 Å². The lowest BCUT2D eigenvalue weighted by molar-refractivity contribution is -0.133. The summed E-state index contributed by atoms with van der Waals surface area (Å²) in [7, 11) is 0. The summed E-state index contributed by atoms with van der Waals surface area (Å²) in [6.45, 7) is 34.0. The quantitative estimate of drug-likeness (QED) is 0.0659. The van der Waals surface area contributed by atoms with Crippen LogP contribution in [0, 0.1) is 55.4 Å². The molecule has 0 radical (unpaired) electrons. The van der Waals surface area contributed by atoms with E-state index in [1.165, 1.54) is 11.1 Å². The molecule has 14 heteroatoms.